The van der Waals surface area contributed by atoms with Crippen molar-refractivity contribution in [2.24, 2.45) is 0 Å². The smallest absolute Gasteiger partial charge is 0.237 e. The summed E-state index contributed by atoms with van der Waals surface area (Å²) in [6, 6.07) is 17.0. The summed E-state index contributed by atoms with van der Waals surface area (Å²) in [5.74, 6) is 0.410. The van der Waals surface area contributed by atoms with E-state index in [2.05, 4.69) is 31.1 Å². The van der Waals surface area contributed by atoms with Crippen molar-refractivity contribution in [3.05, 3.63) is 104 Å². The van der Waals surface area contributed by atoms with Crippen LogP contribution in [0.5, 0.6) is 0 Å². The number of hydrogen-bond acceptors (Lipinski definition) is 5. The molecule has 190 valence electrons. The molecule has 4 aromatic rings. The van der Waals surface area contributed by atoms with Gasteiger partial charge in [-0.1, -0.05) is 54.1 Å². The van der Waals surface area contributed by atoms with Gasteiger partial charge < -0.3 is 5.32 Å². The second-order valence-electron chi connectivity index (χ2n) is 8.48. The Hall–Kier alpha value is -3.05. The molecule has 0 saturated heterocycles. The number of nitrogens with zero attached hydrogens (tertiary/aromatic N) is 3. The Morgan fingerprint density at radius 1 is 1.03 bits per heavy atom. The van der Waals surface area contributed by atoms with E-state index < -0.39 is 10.0 Å². The van der Waals surface area contributed by atoms with E-state index in [-0.39, 0.29) is 30.1 Å². The lowest BCUT2D eigenvalue weighted by Gasteiger charge is -2.14. The summed E-state index contributed by atoms with van der Waals surface area (Å²) in [5, 5.41) is 8.42. The molecule has 2 N–H and O–H groups in total. The average molecular weight is 603 g/mol. The third-order valence-electron chi connectivity index (χ3n) is 5.92. The molecule has 0 saturated carbocycles. The minimum absolute atomic E-state index is 0.0984. The van der Waals surface area contributed by atoms with Crippen molar-refractivity contribution in [1.29, 1.82) is 0 Å². The summed E-state index contributed by atoms with van der Waals surface area (Å²) in [4.78, 5) is 4.91. The molecular formula is C26H22BrClFN5O2S. The van der Waals surface area contributed by atoms with Crippen molar-refractivity contribution in [3.63, 3.8) is 0 Å². The molecule has 7 nitrogen and oxygen atoms in total. The summed E-state index contributed by atoms with van der Waals surface area (Å²) in [6.45, 7) is 0.594. The zero-order chi connectivity index (χ0) is 26.0. The normalized spacial score (nSPS) is 13.9. The zero-order valence-electron chi connectivity index (χ0n) is 19.5. The van der Waals surface area contributed by atoms with E-state index in [0.29, 0.717) is 22.9 Å². The van der Waals surface area contributed by atoms with Gasteiger partial charge in [0.15, 0.2) is 5.65 Å². The average Bonchev–Trinajstić information content (AvgIpc) is 3.27. The first-order valence-electron chi connectivity index (χ1n) is 11.5. The van der Waals surface area contributed by atoms with Crippen LogP contribution in [0, 0.1) is 0 Å². The number of sulfonamides is 1. The number of halogens is 3. The first-order chi connectivity index (χ1) is 17.8. The van der Waals surface area contributed by atoms with Gasteiger partial charge in [0.2, 0.25) is 10.0 Å². The standard InChI is InChI=1S/C26H22BrClFN5O2S/c27-22-16-31-34-25(13-24(33-26(22)34)21-6-1-2-7-23(21)28)30-14-17-4-3-5-18(12-17)15-32-37(35,36)20-10-8-19(29)9-11-20/h1-8,10,12-13,16,30,32H,9,11,14-15H2. The summed E-state index contributed by atoms with van der Waals surface area (Å²) in [6.07, 6.45) is 4.46. The van der Waals surface area contributed by atoms with Crippen LogP contribution in [-0.2, 0) is 23.1 Å². The fourth-order valence-corrected chi connectivity index (χ4v) is 5.74. The number of benzene rings is 2. The Labute approximate surface area is 227 Å². The van der Waals surface area contributed by atoms with E-state index >= 15 is 0 Å². The van der Waals surface area contributed by atoms with E-state index in [1.54, 1.807) is 10.7 Å². The molecule has 1 aliphatic rings. The number of anilines is 1. The highest BCUT2D eigenvalue weighted by molar-refractivity contribution is 9.10. The van der Waals surface area contributed by atoms with Crippen molar-refractivity contribution < 1.29 is 12.8 Å². The third kappa shape index (κ3) is 5.77. The van der Waals surface area contributed by atoms with E-state index in [1.807, 2.05) is 54.6 Å². The first kappa shape index (κ1) is 25.6. The molecule has 0 unspecified atom stereocenters. The molecule has 0 aliphatic heterocycles. The number of allylic oxidation sites excluding steroid dienone is 4. The minimum atomic E-state index is -3.68. The largest absolute Gasteiger partial charge is 0.366 e. The maximum Gasteiger partial charge on any atom is 0.237 e. The monoisotopic (exact) mass is 601 g/mol. The summed E-state index contributed by atoms with van der Waals surface area (Å²) >= 11 is 9.93. The van der Waals surface area contributed by atoms with Gasteiger partial charge in [-0.15, -0.1) is 0 Å². The fourth-order valence-electron chi connectivity index (χ4n) is 4.00. The maximum atomic E-state index is 13.2. The molecule has 2 aromatic carbocycles. The van der Waals surface area contributed by atoms with Crippen molar-refractivity contribution in [3.8, 4) is 11.3 Å². The number of rotatable bonds is 8. The number of nitrogens with one attached hydrogen (secondary N) is 2. The SMILES string of the molecule is O=S(=O)(NCc1cccc(CNc2cc(-c3ccccc3Cl)nc3c(Br)cnn23)c1)C1=CC=C(F)CC1. The lowest BCUT2D eigenvalue weighted by atomic mass is 10.1. The molecule has 0 amide bonds. The molecule has 0 fully saturated rings. The highest BCUT2D eigenvalue weighted by Crippen LogP contribution is 2.30. The van der Waals surface area contributed by atoms with Gasteiger partial charge in [-0.2, -0.15) is 9.61 Å². The Morgan fingerprint density at radius 3 is 2.57 bits per heavy atom. The van der Waals surface area contributed by atoms with Crippen molar-refractivity contribution in [2.45, 2.75) is 25.9 Å². The van der Waals surface area contributed by atoms with Gasteiger partial charge in [-0.3, -0.25) is 0 Å². The summed E-state index contributed by atoms with van der Waals surface area (Å²) in [7, 11) is -3.68. The van der Waals surface area contributed by atoms with Crippen LogP contribution in [0.25, 0.3) is 16.9 Å². The van der Waals surface area contributed by atoms with E-state index in [9.17, 15) is 12.8 Å². The van der Waals surface area contributed by atoms with E-state index in [1.165, 1.54) is 12.2 Å². The second kappa shape index (κ2) is 10.7. The highest BCUT2D eigenvalue weighted by Gasteiger charge is 2.20. The van der Waals surface area contributed by atoms with Crippen LogP contribution in [0.4, 0.5) is 10.2 Å². The van der Waals surface area contributed by atoms with Gasteiger partial charge in [0, 0.05) is 36.2 Å². The quantitative estimate of drug-likeness (QED) is 0.245. The predicted octanol–water partition coefficient (Wildman–Crippen LogP) is 6.37. The molecule has 0 atom stereocenters. The van der Waals surface area contributed by atoms with Gasteiger partial charge in [0.1, 0.15) is 11.6 Å². The van der Waals surface area contributed by atoms with Crippen LogP contribution in [0.2, 0.25) is 5.02 Å². The number of aromatic nitrogens is 3. The first-order valence-corrected chi connectivity index (χ1v) is 14.1. The van der Waals surface area contributed by atoms with Crippen molar-refractivity contribution in [1.82, 2.24) is 19.3 Å². The van der Waals surface area contributed by atoms with Crippen LogP contribution in [0.1, 0.15) is 24.0 Å². The molecule has 0 spiro atoms. The summed E-state index contributed by atoms with van der Waals surface area (Å²) < 4.78 is 43.5. The lowest BCUT2D eigenvalue weighted by molar-refractivity contribution is 0.571. The predicted molar refractivity (Wildman–Crippen MR) is 147 cm³/mol. The fraction of sp³-hybridized carbons (Fsp3) is 0.154. The molecule has 2 heterocycles. The van der Waals surface area contributed by atoms with Gasteiger partial charge in [0.25, 0.3) is 0 Å². The van der Waals surface area contributed by atoms with Gasteiger partial charge in [-0.25, -0.2) is 22.5 Å². The van der Waals surface area contributed by atoms with Crippen LogP contribution in [0.15, 0.2) is 88.2 Å². The number of fused-ring (bicyclic) bond motifs is 1. The Bertz CT molecular complexity index is 1650. The van der Waals surface area contributed by atoms with Crippen LogP contribution >= 0.6 is 27.5 Å². The molecule has 1 aliphatic carbocycles. The second-order valence-corrected chi connectivity index (χ2v) is 11.6. The van der Waals surface area contributed by atoms with Crippen LogP contribution in [0.3, 0.4) is 0 Å². The minimum Gasteiger partial charge on any atom is -0.366 e. The highest BCUT2D eigenvalue weighted by atomic mass is 79.9. The molecule has 0 bridgehead atoms. The Balaban J connectivity index is 1.33. The Morgan fingerprint density at radius 2 is 1.81 bits per heavy atom. The zero-order valence-corrected chi connectivity index (χ0v) is 22.6. The van der Waals surface area contributed by atoms with Crippen LogP contribution in [-0.4, -0.2) is 23.0 Å². The molecule has 5 rings (SSSR count). The molecular weight excluding hydrogens is 581 g/mol. The maximum absolute atomic E-state index is 13.2. The van der Waals surface area contributed by atoms with Crippen molar-refractivity contribution in [2.75, 3.05) is 5.32 Å². The lowest BCUT2D eigenvalue weighted by Crippen LogP contribution is -2.25. The molecule has 11 heteroatoms. The number of hydrogen-bond donors (Lipinski definition) is 2. The Kier molecular flexibility index (Phi) is 7.43. The van der Waals surface area contributed by atoms with E-state index in [0.717, 1.165) is 27.0 Å². The topological polar surface area (TPSA) is 88.4 Å². The van der Waals surface area contributed by atoms with Crippen LogP contribution < -0.4 is 10.0 Å². The van der Waals surface area contributed by atoms with Gasteiger partial charge >= 0.3 is 0 Å². The van der Waals surface area contributed by atoms with E-state index in [4.69, 9.17) is 16.6 Å². The molecule has 0 radical (unpaired) electrons. The molecule has 37 heavy (non-hydrogen) atoms. The van der Waals surface area contributed by atoms with Crippen molar-refractivity contribution >= 4 is 49.0 Å². The summed E-state index contributed by atoms with van der Waals surface area (Å²) in [5.41, 5.74) is 3.92. The third-order valence-corrected chi connectivity index (χ3v) is 8.36. The van der Waals surface area contributed by atoms with Gasteiger partial charge in [-0.05, 0) is 51.7 Å². The van der Waals surface area contributed by atoms with Gasteiger partial charge in [0.05, 0.1) is 21.3 Å². The molecule has 2 aromatic heterocycles.